The summed E-state index contributed by atoms with van der Waals surface area (Å²) in [5.74, 6) is 0. The monoisotopic (exact) mass is 346 g/mol. The van der Waals surface area contributed by atoms with Gasteiger partial charge in [-0.3, -0.25) is 0 Å². The van der Waals surface area contributed by atoms with Gasteiger partial charge in [0.25, 0.3) is 0 Å². The third kappa shape index (κ3) is 98.4. The van der Waals surface area contributed by atoms with E-state index in [0.29, 0.717) is 0 Å². The van der Waals surface area contributed by atoms with Crippen LogP contribution >= 0.6 is 0 Å². The van der Waals surface area contributed by atoms with Crippen LogP contribution in [0.2, 0.25) is 0 Å². The predicted octanol–water partition coefficient (Wildman–Crippen LogP) is 5.60. The van der Waals surface area contributed by atoms with E-state index in [9.17, 15) is 0 Å². The summed E-state index contributed by atoms with van der Waals surface area (Å²) in [7, 11) is 0. The minimum Gasteiger partial charge on any atom is -0.663 e. The van der Waals surface area contributed by atoms with Crippen LogP contribution in [-0.2, 0) is 16.5 Å². The molecule has 0 heterocycles. The molecule has 4 nitrogen and oxygen atoms in total. The van der Waals surface area contributed by atoms with Crippen LogP contribution in [0.4, 0.5) is 0 Å². The summed E-state index contributed by atoms with van der Waals surface area (Å²) in [5.41, 5.74) is 0. The number of nitrogens with zero attached hydrogens (tertiary/aromatic N) is 4. The zero-order valence-electron chi connectivity index (χ0n) is 15.8. The Bertz CT molecular complexity index is 74.3. The predicted molar refractivity (Wildman–Crippen MR) is 97.8 cm³/mol. The van der Waals surface area contributed by atoms with Crippen LogP contribution in [0.25, 0.3) is 21.3 Å². The molecule has 0 aromatic heterocycles. The maximum Gasteiger partial charge on any atom is 0 e. The van der Waals surface area contributed by atoms with Crippen LogP contribution in [0.3, 0.4) is 0 Å². The van der Waals surface area contributed by atoms with Crippen molar-refractivity contribution in [3.05, 3.63) is 21.3 Å². The Morgan fingerprint density at radius 1 is 0.333 bits per heavy atom. The van der Waals surface area contributed by atoms with Gasteiger partial charge in [0.15, 0.2) is 0 Å². The van der Waals surface area contributed by atoms with Gasteiger partial charge in [-0.15, -0.1) is 0 Å². The van der Waals surface area contributed by atoms with Crippen molar-refractivity contribution in [2.24, 2.45) is 0 Å². The third-order valence-electron chi connectivity index (χ3n) is 1.79. The fourth-order valence-electron chi connectivity index (χ4n) is 0.894. The Morgan fingerprint density at radius 3 is 0.429 bits per heavy atom. The average molecular weight is 347 g/mol. The molecule has 0 saturated carbocycles. The Balaban J connectivity index is -0.0000000533. The van der Waals surface area contributed by atoms with Crippen molar-refractivity contribution in [1.29, 1.82) is 0 Å². The van der Waals surface area contributed by atoms with E-state index in [1.165, 1.54) is 0 Å². The molecule has 0 aliphatic heterocycles. The summed E-state index contributed by atoms with van der Waals surface area (Å²) < 4.78 is 0. The third-order valence-corrected chi connectivity index (χ3v) is 1.79. The van der Waals surface area contributed by atoms with Crippen LogP contribution < -0.4 is 0 Å². The van der Waals surface area contributed by atoms with E-state index in [1.807, 2.05) is 55.4 Å². The van der Waals surface area contributed by atoms with Gasteiger partial charge in [0.1, 0.15) is 0 Å². The summed E-state index contributed by atoms with van der Waals surface area (Å²) in [5, 5.41) is 15.9. The molecule has 0 rings (SSSR count). The second kappa shape index (κ2) is 50.0. The Morgan fingerprint density at radius 2 is 0.429 bits per heavy atom. The zero-order chi connectivity index (χ0) is 16.5. The average Bonchev–Trinajstić information content (AvgIpc) is 2.44. The smallest absolute Gasteiger partial charge is 0 e. The first-order valence-electron chi connectivity index (χ1n) is 8.19. The minimum absolute atomic E-state index is 0. The molecular weight excluding hydrogens is 307 g/mol. The van der Waals surface area contributed by atoms with E-state index in [1.54, 1.807) is 0 Å². The summed E-state index contributed by atoms with van der Waals surface area (Å²) in [6.07, 6.45) is 0. The molecule has 0 aromatic rings. The molecule has 0 fully saturated rings. The van der Waals surface area contributed by atoms with Crippen LogP contribution in [0.1, 0.15) is 55.4 Å². The first-order chi connectivity index (χ1) is 9.66. The molecule has 0 N–H and O–H groups in total. The van der Waals surface area contributed by atoms with Gasteiger partial charge in [-0.05, 0) is 0 Å². The number of hydrogen-bond acceptors (Lipinski definition) is 0. The largest absolute Gasteiger partial charge is 0.663 e. The van der Waals surface area contributed by atoms with Crippen molar-refractivity contribution in [3.63, 3.8) is 0 Å². The molecule has 138 valence electrons. The van der Waals surface area contributed by atoms with E-state index in [0.717, 1.165) is 52.4 Å². The molecule has 0 bridgehead atoms. The van der Waals surface area contributed by atoms with Gasteiger partial charge < -0.3 is 21.3 Å². The summed E-state index contributed by atoms with van der Waals surface area (Å²) >= 11 is 0. The van der Waals surface area contributed by atoms with Crippen molar-refractivity contribution in [2.75, 3.05) is 52.4 Å². The first-order valence-corrected chi connectivity index (χ1v) is 8.19. The fourth-order valence-corrected chi connectivity index (χ4v) is 0.894. The molecule has 0 radical (unpaired) electrons. The van der Waals surface area contributed by atoms with E-state index in [-0.39, 0.29) is 16.5 Å². The van der Waals surface area contributed by atoms with Crippen molar-refractivity contribution < 1.29 is 16.5 Å². The fraction of sp³-hybridized carbons (Fsp3) is 1.00. The zero-order valence-corrected chi connectivity index (χ0v) is 16.7. The molecular formula is C16H40N4Ni-4. The first kappa shape index (κ1) is 33.1. The molecule has 0 saturated heterocycles. The van der Waals surface area contributed by atoms with Crippen LogP contribution in [0, 0.1) is 0 Å². The topological polar surface area (TPSA) is 56.4 Å². The molecule has 0 amide bonds. The van der Waals surface area contributed by atoms with Crippen LogP contribution in [0.5, 0.6) is 0 Å². The van der Waals surface area contributed by atoms with Gasteiger partial charge in [-0.1, -0.05) is 55.4 Å². The normalized spacial score (nSPS) is 8.00. The van der Waals surface area contributed by atoms with Gasteiger partial charge in [-0.2, -0.15) is 52.4 Å². The van der Waals surface area contributed by atoms with Crippen molar-refractivity contribution >= 4 is 0 Å². The Hall–Kier alpha value is 0.334. The minimum atomic E-state index is 0. The molecule has 21 heavy (non-hydrogen) atoms. The van der Waals surface area contributed by atoms with E-state index in [2.05, 4.69) is 21.3 Å². The van der Waals surface area contributed by atoms with Crippen molar-refractivity contribution in [2.45, 2.75) is 55.4 Å². The van der Waals surface area contributed by atoms with Gasteiger partial charge in [0.05, 0.1) is 0 Å². The number of hydrogen-bond donors (Lipinski definition) is 0. The second-order valence-corrected chi connectivity index (χ2v) is 3.42. The second-order valence-electron chi connectivity index (χ2n) is 3.42. The van der Waals surface area contributed by atoms with E-state index < -0.39 is 0 Å². The van der Waals surface area contributed by atoms with Gasteiger partial charge >= 0.3 is 0 Å². The maximum absolute atomic E-state index is 3.97. The molecule has 0 spiro atoms. The molecule has 0 aliphatic carbocycles. The molecule has 0 unspecified atom stereocenters. The SMILES string of the molecule is CC[N-]CC.CC[N-]CC.CC[N-]CC.CC[N-]CC.[Ni]. The quantitative estimate of drug-likeness (QED) is 0.514. The summed E-state index contributed by atoms with van der Waals surface area (Å²) in [4.78, 5) is 0. The molecule has 0 aromatic carbocycles. The summed E-state index contributed by atoms with van der Waals surface area (Å²) in [6, 6.07) is 0. The maximum atomic E-state index is 3.97. The number of rotatable bonds is 8. The van der Waals surface area contributed by atoms with Crippen molar-refractivity contribution in [1.82, 2.24) is 0 Å². The van der Waals surface area contributed by atoms with E-state index in [4.69, 9.17) is 0 Å². The van der Waals surface area contributed by atoms with Crippen molar-refractivity contribution in [3.8, 4) is 0 Å². The standard InChI is InChI=1S/4C4H10N.Ni/c4*1-3-5-4-2;/h4*3-4H2,1-2H3;/q4*-1;. The molecule has 0 aliphatic rings. The van der Waals surface area contributed by atoms with E-state index >= 15 is 0 Å². The summed E-state index contributed by atoms with van der Waals surface area (Å²) in [6.45, 7) is 24.1. The van der Waals surface area contributed by atoms with Gasteiger partial charge in [0, 0.05) is 16.5 Å². The van der Waals surface area contributed by atoms with Gasteiger partial charge in [-0.25, -0.2) is 0 Å². The Kier molecular flexibility index (Phi) is 78.7. The molecule has 5 heteroatoms. The van der Waals surface area contributed by atoms with Crippen LogP contribution in [0.15, 0.2) is 0 Å². The van der Waals surface area contributed by atoms with Crippen LogP contribution in [-0.4, -0.2) is 52.4 Å². The Labute approximate surface area is 145 Å². The van der Waals surface area contributed by atoms with Gasteiger partial charge in [0.2, 0.25) is 0 Å². The molecule has 0 atom stereocenters.